The van der Waals surface area contributed by atoms with Crippen molar-refractivity contribution in [1.82, 2.24) is 5.32 Å². The molecule has 1 heterocycles. The number of amides is 1. The first-order chi connectivity index (χ1) is 10.2. The molecule has 22 heavy (non-hydrogen) atoms. The SMILES string of the molecule is O=C(NC1CS(=O)(=O)CC1N=Cc1ccccc1)C(Cl)(Cl)Cl. The fraction of sp³-hybridized carbons (Fsp3) is 0.385. The van der Waals surface area contributed by atoms with Crippen LogP contribution in [0.25, 0.3) is 0 Å². The predicted octanol–water partition coefficient (Wildman–Crippen LogP) is 1.76. The maximum Gasteiger partial charge on any atom is 0.272 e. The number of sulfone groups is 1. The van der Waals surface area contributed by atoms with Crippen molar-refractivity contribution in [3.63, 3.8) is 0 Å². The quantitative estimate of drug-likeness (QED) is 0.638. The van der Waals surface area contributed by atoms with Crippen LogP contribution in [0.15, 0.2) is 35.3 Å². The second-order valence-electron chi connectivity index (χ2n) is 4.91. The van der Waals surface area contributed by atoms with E-state index in [1.165, 1.54) is 0 Å². The van der Waals surface area contributed by atoms with E-state index in [2.05, 4.69) is 10.3 Å². The van der Waals surface area contributed by atoms with Gasteiger partial charge in [0, 0.05) is 6.21 Å². The van der Waals surface area contributed by atoms with Crippen molar-refractivity contribution in [1.29, 1.82) is 0 Å². The van der Waals surface area contributed by atoms with Crippen LogP contribution in [-0.4, -0.2) is 47.9 Å². The van der Waals surface area contributed by atoms with Gasteiger partial charge in [-0.15, -0.1) is 0 Å². The number of benzene rings is 1. The van der Waals surface area contributed by atoms with E-state index in [1.54, 1.807) is 6.21 Å². The lowest BCUT2D eigenvalue weighted by Gasteiger charge is -2.19. The second-order valence-corrected chi connectivity index (χ2v) is 9.35. The highest BCUT2D eigenvalue weighted by Gasteiger charge is 2.41. The highest BCUT2D eigenvalue weighted by Crippen LogP contribution is 2.27. The molecule has 1 saturated heterocycles. The molecular weight excluding hydrogens is 371 g/mol. The second kappa shape index (κ2) is 6.74. The summed E-state index contributed by atoms with van der Waals surface area (Å²) in [4.78, 5) is 16.0. The number of carbonyl (C=O) groups excluding carboxylic acids is 1. The summed E-state index contributed by atoms with van der Waals surface area (Å²) in [6, 6.07) is 7.89. The maximum absolute atomic E-state index is 11.8. The summed E-state index contributed by atoms with van der Waals surface area (Å²) in [6.07, 6.45) is 1.57. The zero-order valence-corrected chi connectivity index (χ0v) is 14.3. The molecule has 2 atom stereocenters. The average Bonchev–Trinajstić information content (AvgIpc) is 2.71. The van der Waals surface area contributed by atoms with Gasteiger partial charge in [-0.2, -0.15) is 0 Å². The first-order valence-electron chi connectivity index (χ1n) is 6.34. The fourth-order valence-corrected chi connectivity index (χ4v) is 4.08. The normalized spacial score (nSPS) is 24.5. The molecule has 0 spiro atoms. The Kier molecular flexibility index (Phi) is 5.37. The van der Waals surface area contributed by atoms with Gasteiger partial charge in [0.05, 0.1) is 23.6 Å². The molecule has 2 rings (SSSR count). The lowest BCUT2D eigenvalue weighted by atomic mass is 10.1. The van der Waals surface area contributed by atoms with Gasteiger partial charge < -0.3 is 5.32 Å². The lowest BCUT2D eigenvalue weighted by Crippen LogP contribution is -2.46. The number of hydrogen-bond donors (Lipinski definition) is 1. The summed E-state index contributed by atoms with van der Waals surface area (Å²) >= 11 is 16.5. The summed E-state index contributed by atoms with van der Waals surface area (Å²) in [5.74, 6) is -1.24. The molecule has 0 aromatic heterocycles. The minimum absolute atomic E-state index is 0.152. The van der Waals surface area contributed by atoms with Gasteiger partial charge >= 0.3 is 0 Å². The minimum Gasteiger partial charge on any atom is -0.346 e. The number of aliphatic imine (C=N–C) groups is 1. The van der Waals surface area contributed by atoms with E-state index in [0.717, 1.165) is 5.56 Å². The van der Waals surface area contributed by atoms with E-state index in [-0.39, 0.29) is 11.5 Å². The van der Waals surface area contributed by atoms with Crippen LogP contribution in [-0.2, 0) is 14.6 Å². The molecule has 1 aromatic carbocycles. The lowest BCUT2D eigenvalue weighted by molar-refractivity contribution is -0.120. The number of rotatable bonds is 3. The fourth-order valence-electron chi connectivity index (χ4n) is 2.08. The topological polar surface area (TPSA) is 75.6 Å². The largest absolute Gasteiger partial charge is 0.346 e. The monoisotopic (exact) mass is 382 g/mol. The Bertz CT molecular complexity index is 672. The highest BCUT2D eigenvalue weighted by atomic mass is 35.6. The molecule has 5 nitrogen and oxygen atoms in total. The van der Waals surface area contributed by atoms with Crippen molar-refractivity contribution in [3.05, 3.63) is 35.9 Å². The van der Waals surface area contributed by atoms with Crippen LogP contribution in [0.1, 0.15) is 5.56 Å². The van der Waals surface area contributed by atoms with Crippen molar-refractivity contribution in [2.45, 2.75) is 15.9 Å². The van der Waals surface area contributed by atoms with Crippen LogP contribution in [0.4, 0.5) is 0 Å². The number of nitrogens with zero attached hydrogens (tertiary/aromatic N) is 1. The van der Waals surface area contributed by atoms with Gasteiger partial charge in [0.15, 0.2) is 9.84 Å². The Morgan fingerprint density at radius 3 is 2.45 bits per heavy atom. The third-order valence-corrected chi connectivity index (χ3v) is 5.34. The molecule has 1 aliphatic heterocycles. The van der Waals surface area contributed by atoms with Gasteiger partial charge in [-0.05, 0) is 5.56 Å². The molecule has 9 heteroatoms. The molecular formula is C13H13Cl3N2O3S. The third-order valence-electron chi connectivity index (χ3n) is 3.11. The molecule has 120 valence electrons. The Morgan fingerprint density at radius 1 is 1.23 bits per heavy atom. The molecule has 1 fully saturated rings. The van der Waals surface area contributed by atoms with E-state index >= 15 is 0 Å². The van der Waals surface area contributed by atoms with Crippen LogP contribution in [0.5, 0.6) is 0 Å². The first kappa shape index (κ1) is 17.5. The molecule has 1 aliphatic rings. The Balaban J connectivity index is 2.13. The molecule has 2 unspecified atom stereocenters. The van der Waals surface area contributed by atoms with Crippen LogP contribution in [0.3, 0.4) is 0 Å². The van der Waals surface area contributed by atoms with Crippen LogP contribution >= 0.6 is 34.8 Å². The maximum atomic E-state index is 11.8. The first-order valence-corrected chi connectivity index (χ1v) is 9.29. The molecule has 1 amide bonds. The molecule has 0 saturated carbocycles. The Labute approximate surface area is 143 Å². The van der Waals surface area contributed by atoms with E-state index in [4.69, 9.17) is 34.8 Å². The standard InChI is InChI=1S/C13H13Cl3N2O3S/c14-13(15,16)12(19)18-11-8-22(20,21)7-10(11)17-6-9-4-2-1-3-5-9/h1-6,10-11H,7-8H2,(H,18,19). The Hall–Kier alpha value is -0.820. The van der Waals surface area contributed by atoms with E-state index in [9.17, 15) is 13.2 Å². The zero-order valence-electron chi connectivity index (χ0n) is 11.2. The van der Waals surface area contributed by atoms with E-state index in [1.807, 2.05) is 30.3 Å². The van der Waals surface area contributed by atoms with Gasteiger partial charge in [0.2, 0.25) is 0 Å². The van der Waals surface area contributed by atoms with Crippen molar-refractivity contribution in [2.75, 3.05) is 11.5 Å². The molecule has 0 aliphatic carbocycles. The van der Waals surface area contributed by atoms with Crippen LogP contribution in [0, 0.1) is 0 Å². The molecule has 1 aromatic rings. The van der Waals surface area contributed by atoms with Gasteiger partial charge in [0.1, 0.15) is 0 Å². The molecule has 0 radical (unpaired) electrons. The summed E-state index contributed by atoms with van der Waals surface area (Å²) in [7, 11) is -3.30. The van der Waals surface area contributed by atoms with Crippen molar-refractivity contribution >= 4 is 56.8 Å². The average molecular weight is 384 g/mol. The van der Waals surface area contributed by atoms with Crippen molar-refractivity contribution in [3.8, 4) is 0 Å². The van der Waals surface area contributed by atoms with Gasteiger partial charge in [-0.3, -0.25) is 9.79 Å². The summed E-state index contributed by atoms with van der Waals surface area (Å²) < 4.78 is 21.4. The number of nitrogens with one attached hydrogen (secondary N) is 1. The number of hydrogen-bond acceptors (Lipinski definition) is 4. The van der Waals surface area contributed by atoms with Gasteiger partial charge in [-0.1, -0.05) is 65.1 Å². The number of carbonyl (C=O) groups is 1. The van der Waals surface area contributed by atoms with E-state index < -0.39 is 31.6 Å². The van der Waals surface area contributed by atoms with E-state index in [0.29, 0.717) is 0 Å². The Morgan fingerprint density at radius 2 is 1.86 bits per heavy atom. The summed E-state index contributed by atoms with van der Waals surface area (Å²) in [6.45, 7) is 0. The summed E-state index contributed by atoms with van der Waals surface area (Å²) in [5.41, 5.74) is 0.832. The number of alkyl halides is 3. The highest BCUT2D eigenvalue weighted by molar-refractivity contribution is 7.91. The van der Waals surface area contributed by atoms with Gasteiger partial charge in [0.25, 0.3) is 9.70 Å². The van der Waals surface area contributed by atoms with Crippen LogP contribution in [0.2, 0.25) is 0 Å². The third kappa shape index (κ3) is 4.84. The predicted molar refractivity (Wildman–Crippen MR) is 88.7 cm³/mol. The van der Waals surface area contributed by atoms with Crippen molar-refractivity contribution < 1.29 is 13.2 Å². The summed E-state index contributed by atoms with van der Waals surface area (Å²) in [5, 5.41) is 2.43. The molecule has 0 bridgehead atoms. The zero-order chi connectivity index (χ0) is 16.4. The van der Waals surface area contributed by atoms with Crippen LogP contribution < -0.4 is 5.32 Å². The minimum atomic E-state index is -3.30. The van der Waals surface area contributed by atoms with Gasteiger partial charge in [-0.25, -0.2) is 8.42 Å². The molecule has 1 N–H and O–H groups in total. The smallest absolute Gasteiger partial charge is 0.272 e. The van der Waals surface area contributed by atoms with Crippen molar-refractivity contribution in [2.24, 2.45) is 4.99 Å². The number of halogens is 3.